The molecule has 0 radical (unpaired) electrons. The van der Waals surface area contributed by atoms with Gasteiger partial charge in [0.25, 0.3) is 0 Å². The standard InChI is InChI=1S/C13H13BrClNO2/c1-3-7-16-12(13(17)18-4-2)9-5-6-11(15)10(14)8-9/h1,5-6,8,12,16H,4,7H2,2H3. The van der Waals surface area contributed by atoms with E-state index in [1.807, 2.05) is 0 Å². The smallest absolute Gasteiger partial charge is 0.327 e. The van der Waals surface area contributed by atoms with Crippen LogP contribution in [0.5, 0.6) is 0 Å². The highest BCUT2D eigenvalue weighted by molar-refractivity contribution is 9.10. The summed E-state index contributed by atoms with van der Waals surface area (Å²) in [6.07, 6.45) is 5.19. The van der Waals surface area contributed by atoms with Crippen LogP contribution < -0.4 is 5.32 Å². The van der Waals surface area contributed by atoms with Crippen molar-refractivity contribution in [2.24, 2.45) is 0 Å². The molecule has 0 saturated carbocycles. The van der Waals surface area contributed by atoms with Crippen molar-refractivity contribution in [3.05, 3.63) is 33.3 Å². The number of carbonyl (C=O) groups is 1. The average molecular weight is 331 g/mol. The van der Waals surface area contributed by atoms with Gasteiger partial charge in [0.15, 0.2) is 0 Å². The van der Waals surface area contributed by atoms with Gasteiger partial charge in [-0.1, -0.05) is 23.6 Å². The molecule has 0 spiro atoms. The van der Waals surface area contributed by atoms with Crippen LogP contribution in [0, 0.1) is 12.3 Å². The lowest BCUT2D eigenvalue weighted by Gasteiger charge is -2.16. The van der Waals surface area contributed by atoms with Crippen LogP contribution in [0.25, 0.3) is 0 Å². The van der Waals surface area contributed by atoms with E-state index in [0.717, 1.165) is 10.0 Å². The second-order valence-electron chi connectivity index (χ2n) is 3.44. The summed E-state index contributed by atoms with van der Waals surface area (Å²) < 4.78 is 5.73. The molecule has 1 rings (SSSR count). The van der Waals surface area contributed by atoms with Crippen molar-refractivity contribution in [3.63, 3.8) is 0 Å². The number of esters is 1. The summed E-state index contributed by atoms with van der Waals surface area (Å²) in [5.74, 6) is 2.07. The van der Waals surface area contributed by atoms with E-state index < -0.39 is 6.04 Å². The predicted octanol–water partition coefficient (Wildman–Crippen LogP) is 2.93. The highest BCUT2D eigenvalue weighted by Crippen LogP contribution is 2.26. The van der Waals surface area contributed by atoms with E-state index in [9.17, 15) is 4.79 Å². The van der Waals surface area contributed by atoms with E-state index >= 15 is 0 Å². The van der Waals surface area contributed by atoms with E-state index in [1.165, 1.54) is 0 Å². The van der Waals surface area contributed by atoms with Crippen molar-refractivity contribution in [3.8, 4) is 12.3 Å². The topological polar surface area (TPSA) is 38.3 Å². The second kappa shape index (κ2) is 7.42. The lowest BCUT2D eigenvalue weighted by atomic mass is 10.1. The Kier molecular flexibility index (Phi) is 6.20. The van der Waals surface area contributed by atoms with Crippen molar-refractivity contribution in [1.82, 2.24) is 5.32 Å². The number of halogens is 2. The zero-order valence-electron chi connectivity index (χ0n) is 9.87. The molecule has 5 heteroatoms. The molecular formula is C13H13BrClNO2. The molecule has 0 saturated heterocycles. The van der Waals surface area contributed by atoms with E-state index in [4.69, 9.17) is 22.8 Å². The maximum atomic E-state index is 11.8. The molecule has 0 aliphatic heterocycles. The Balaban J connectivity index is 2.97. The number of carbonyl (C=O) groups excluding carboxylic acids is 1. The number of terminal acetylenes is 1. The zero-order chi connectivity index (χ0) is 13.5. The molecule has 1 aromatic carbocycles. The van der Waals surface area contributed by atoms with Gasteiger partial charge in [0, 0.05) is 4.47 Å². The lowest BCUT2D eigenvalue weighted by Crippen LogP contribution is -2.30. The monoisotopic (exact) mass is 329 g/mol. The summed E-state index contributed by atoms with van der Waals surface area (Å²) in [6.45, 7) is 2.36. The first-order valence-electron chi connectivity index (χ1n) is 5.38. The number of nitrogens with one attached hydrogen (secondary N) is 1. The van der Waals surface area contributed by atoms with Crippen LogP contribution in [0.3, 0.4) is 0 Å². The molecule has 3 nitrogen and oxygen atoms in total. The normalized spacial score (nSPS) is 11.7. The molecule has 0 aliphatic rings. The van der Waals surface area contributed by atoms with Crippen molar-refractivity contribution in [2.45, 2.75) is 13.0 Å². The molecule has 18 heavy (non-hydrogen) atoms. The highest BCUT2D eigenvalue weighted by Gasteiger charge is 2.21. The number of ether oxygens (including phenoxy) is 1. The Bertz CT molecular complexity index is 471. The minimum atomic E-state index is -0.588. The highest BCUT2D eigenvalue weighted by atomic mass is 79.9. The first kappa shape index (κ1) is 15.0. The van der Waals surface area contributed by atoms with Gasteiger partial charge in [-0.25, -0.2) is 4.79 Å². The predicted molar refractivity (Wildman–Crippen MR) is 75.4 cm³/mol. The molecule has 96 valence electrons. The van der Waals surface area contributed by atoms with E-state index in [0.29, 0.717) is 11.6 Å². The SMILES string of the molecule is C#CCNC(C(=O)OCC)c1ccc(Cl)c(Br)c1. The molecule has 0 bridgehead atoms. The molecule has 1 atom stereocenters. The van der Waals surface area contributed by atoms with Crippen LogP contribution in [0.4, 0.5) is 0 Å². The molecule has 1 aromatic rings. The summed E-state index contributed by atoms with van der Waals surface area (Å²) in [4.78, 5) is 11.8. The Morgan fingerprint density at radius 1 is 1.67 bits per heavy atom. The van der Waals surface area contributed by atoms with Gasteiger partial charge in [0.05, 0.1) is 18.2 Å². The summed E-state index contributed by atoms with van der Waals surface area (Å²) in [7, 11) is 0. The quantitative estimate of drug-likeness (QED) is 0.666. The van der Waals surface area contributed by atoms with E-state index in [2.05, 4.69) is 27.2 Å². The second-order valence-corrected chi connectivity index (χ2v) is 4.71. The van der Waals surface area contributed by atoms with E-state index in [-0.39, 0.29) is 12.5 Å². The number of hydrogen-bond acceptors (Lipinski definition) is 3. The number of hydrogen-bond donors (Lipinski definition) is 1. The molecule has 0 amide bonds. The summed E-state index contributed by atoms with van der Waals surface area (Å²) >= 11 is 9.23. The summed E-state index contributed by atoms with van der Waals surface area (Å²) in [5, 5.41) is 3.52. The molecule has 1 unspecified atom stereocenters. The third kappa shape index (κ3) is 4.02. The third-order valence-corrected chi connectivity index (χ3v) is 3.42. The van der Waals surface area contributed by atoms with Gasteiger partial charge in [-0.15, -0.1) is 6.42 Å². The fourth-order valence-corrected chi connectivity index (χ4v) is 1.93. The van der Waals surface area contributed by atoms with Gasteiger partial charge in [0.1, 0.15) is 6.04 Å². The Hall–Kier alpha value is -1.02. The van der Waals surface area contributed by atoms with Crippen LogP contribution in [-0.2, 0) is 9.53 Å². The van der Waals surface area contributed by atoms with Crippen LogP contribution >= 0.6 is 27.5 Å². The van der Waals surface area contributed by atoms with Crippen LogP contribution in [0.1, 0.15) is 18.5 Å². The van der Waals surface area contributed by atoms with Crippen LogP contribution in [-0.4, -0.2) is 19.1 Å². The first-order valence-corrected chi connectivity index (χ1v) is 6.55. The lowest BCUT2D eigenvalue weighted by molar-refractivity contribution is -0.145. The molecular weight excluding hydrogens is 318 g/mol. The van der Waals surface area contributed by atoms with Gasteiger partial charge in [-0.2, -0.15) is 0 Å². The molecule has 0 fully saturated rings. The van der Waals surface area contributed by atoms with Crippen molar-refractivity contribution < 1.29 is 9.53 Å². The van der Waals surface area contributed by atoms with Gasteiger partial charge in [-0.05, 0) is 40.5 Å². The maximum Gasteiger partial charge on any atom is 0.327 e. The zero-order valence-corrected chi connectivity index (χ0v) is 12.2. The fraction of sp³-hybridized carbons (Fsp3) is 0.308. The van der Waals surface area contributed by atoms with Crippen molar-refractivity contribution in [1.29, 1.82) is 0 Å². The van der Waals surface area contributed by atoms with E-state index in [1.54, 1.807) is 25.1 Å². The summed E-state index contributed by atoms with van der Waals surface area (Å²) in [5.41, 5.74) is 0.750. The van der Waals surface area contributed by atoms with Gasteiger partial charge in [0.2, 0.25) is 0 Å². The maximum absolute atomic E-state index is 11.8. The molecule has 0 aromatic heterocycles. The minimum Gasteiger partial charge on any atom is -0.465 e. The Morgan fingerprint density at radius 3 is 2.94 bits per heavy atom. The number of benzene rings is 1. The van der Waals surface area contributed by atoms with Crippen molar-refractivity contribution >= 4 is 33.5 Å². The molecule has 1 N–H and O–H groups in total. The van der Waals surface area contributed by atoms with Gasteiger partial charge in [-0.3, -0.25) is 5.32 Å². The van der Waals surface area contributed by atoms with Gasteiger partial charge < -0.3 is 4.74 Å². The van der Waals surface area contributed by atoms with Gasteiger partial charge >= 0.3 is 5.97 Å². The largest absolute Gasteiger partial charge is 0.465 e. The summed E-state index contributed by atoms with van der Waals surface area (Å²) in [6, 6.07) is 4.66. The first-order chi connectivity index (χ1) is 8.60. The Labute approximate surface area is 120 Å². The minimum absolute atomic E-state index is 0.281. The van der Waals surface area contributed by atoms with Crippen LogP contribution in [0.15, 0.2) is 22.7 Å². The average Bonchev–Trinajstić information content (AvgIpc) is 2.34. The third-order valence-electron chi connectivity index (χ3n) is 2.21. The van der Waals surface area contributed by atoms with Crippen molar-refractivity contribution in [2.75, 3.05) is 13.2 Å². The molecule has 0 heterocycles. The number of rotatable bonds is 5. The van der Waals surface area contributed by atoms with Crippen LogP contribution in [0.2, 0.25) is 5.02 Å². The fourth-order valence-electron chi connectivity index (χ4n) is 1.42. The molecule has 0 aliphatic carbocycles. The Morgan fingerprint density at radius 2 is 2.39 bits per heavy atom.